The van der Waals surface area contributed by atoms with E-state index in [1.54, 1.807) is 0 Å². The highest BCUT2D eigenvalue weighted by Crippen LogP contribution is 2.22. The minimum atomic E-state index is -0.810. The van der Waals surface area contributed by atoms with Crippen molar-refractivity contribution in [2.75, 3.05) is 0 Å². The molecule has 0 amide bonds. The zero-order valence-corrected chi connectivity index (χ0v) is 11.3. The van der Waals surface area contributed by atoms with Crippen molar-refractivity contribution in [2.45, 2.75) is 24.3 Å². The van der Waals surface area contributed by atoms with Gasteiger partial charge in [-0.25, -0.2) is 0 Å². The number of carbonyl (C=O) groups is 1. The fraction of sp³-hybridized carbons (Fsp3) is 0.308. The topological polar surface area (TPSA) is 76.2 Å². The summed E-state index contributed by atoms with van der Waals surface area (Å²) in [4.78, 5) is 10.9. The zero-order valence-electron chi connectivity index (χ0n) is 10.4. The number of rotatable bonds is 6. The quantitative estimate of drug-likeness (QED) is 0.875. The molecule has 0 aliphatic heterocycles. The van der Waals surface area contributed by atoms with Crippen LogP contribution in [-0.4, -0.2) is 26.5 Å². The molecule has 0 saturated heterocycles. The molecular formula is C13H14N2O3S. The van der Waals surface area contributed by atoms with Crippen molar-refractivity contribution in [2.24, 2.45) is 0 Å². The number of nitrogens with zero attached hydrogens (tertiary/aromatic N) is 2. The van der Waals surface area contributed by atoms with Crippen LogP contribution >= 0.6 is 11.8 Å². The van der Waals surface area contributed by atoms with E-state index < -0.39 is 11.2 Å². The van der Waals surface area contributed by atoms with Gasteiger partial charge in [-0.05, 0) is 18.6 Å². The summed E-state index contributed by atoms with van der Waals surface area (Å²) in [6.45, 7) is 1.84. The Balaban J connectivity index is 2.00. The Labute approximate surface area is 115 Å². The maximum absolute atomic E-state index is 10.9. The van der Waals surface area contributed by atoms with Gasteiger partial charge >= 0.3 is 5.97 Å². The Bertz CT molecular complexity index is 542. The number of hydrogen-bond donors (Lipinski definition) is 1. The fourth-order valence-corrected chi connectivity index (χ4v) is 2.38. The van der Waals surface area contributed by atoms with Crippen LogP contribution < -0.4 is 0 Å². The van der Waals surface area contributed by atoms with Crippen LogP contribution in [0.15, 0.2) is 34.7 Å². The molecule has 6 heteroatoms. The van der Waals surface area contributed by atoms with Crippen LogP contribution in [0.25, 0.3) is 11.5 Å². The Morgan fingerprint density at radius 3 is 2.74 bits per heavy atom. The molecule has 0 radical (unpaired) electrons. The number of carboxylic acid groups (broad SMARTS) is 1. The van der Waals surface area contributed by atoms with Crippen molar-refractivity contribution in [1.82, 2.24) is 10.2 Å². The molecule has 2 rings (SSSR count). The van der Waals surface area contributed by atoms with Gasteiger partial charge in [-0.3, -0.25) is 4.79 Å². The second-order valence-electron chi connectivity index (χ2n) is 3.91. The van der Waals surface area contributed by atoms with Crippen LogP contribution in [0.4, 0.5) is 0 Å². The number of aromatic nitrogens is 2. The average Bonchev–Trinajstić information content (AvgIpc) is 2.89. The van der Waals surface area contributed by atoms with Crippen LogP contribution in [-0.2, 0) is 10.5 Å². The molecule has 1 aromatic heterocycles. The van der Waals surface area contributed by atoms with E-state index in [9.17, 15) is 4.79 Å². The van der Waals surface area contributed by atoms with E-state index in [1.165, 1.54) is 11.8 Å². The van der Waals surface area contributed by atoms with E-state index in [1.807, 2.05) is 37.3 Å². The highest BCUT2D eigenvalue weighted by atomic mass is 32.2. The molecular weight excluding hydrogens is 264 g/mol. The monoisotopic (exact) mass is 278 g/mol. The second kappa shape index (κ2) is 6.38. The van der Waals surface area contributed by atoms with Gasteiger partial charge < -0.3 is 9.52 Å². The van der Waals surface area contributed by atoms with Crippen molar-refractivity contribution < 1.29 is 14.3 Å². The first-order valence-corrected chi connectivity index (χ1v) is 6.97. The molecule has 0 saturated carbocycles. The lowest BCUT2D eigenvalue weighted by atomic mass is 10.2. The summed E-state index contributed by atoms with van der Waals surface area (Å²) in [7, 11) is 0. The molecule has 1 N–H and O–H groups in total. The van der Waals surface area contributed by atoms with Gasteiger partial charge in [0.05, 0.1) is 5.75 Å². The first-order chi connectivity index (χ1) is 9.20. The molecule has 100 valence electrons. The van der Waals surface area contributed by atoms with Crippen LogP contribution in [0.2, 0.25) is 0 Å². The molecule has 1 aromatic carbocycles. The predicted octanol–water partition coefficient (Wildman–Crippen LogP) is 2.83. The summed E-state index contributed by atoms with van der Waals surface area (Å²) in [5, 5.41) is 16.4. The van der Waals surface area contributed by atoms with Gasteiger partial charge in [-0.2, -0.15) is 0 Å². The largest absolute Gasteiger partial charge is 0.480 e. The lowest BCUT2D eigenvalue weighted by Gasteiger charge is -2.06. The van der Waals surface area contributed by atoms with Crippen molar-refractivity contribution in [3.8, 4) is 11.5 Å². The van der Waals surface area contributed by atoms with Gasteiger partial charge in [0.15, 0.2) is 0 Å². The Morgan fingerprint density at radius 2 is 2.11 bits per heavy atom. The summed E-state index contributed by atoms with van der Waals surface area (Å²) in [5.74, 6) is 0.503. The van der Waals surface area contributed by atoms with Gasteiger partial charge in [0.25, 0.3) is 0 Å². The van der Waals surface area contributed by atoms with E-state index in [-0.39, 0.29) is 0 Å². The highest BCUT2D eigenvalue weighted by Gasteiger charge is 2.17. The molecule has 0 bridgehead atoms. The number of thioether (sulfide) groups is 1. The fourth-order valence-electron chi connectivity index (χ4n) is 1.54. The minimum absolute atomic E-state index is 0.407. The molecule has 19 heavy (non-hydrogen) atoms. The Morgan fingerprint density at radius 1 is 1.37 bits per heavy atom. The molecule has 0 aliphatic rings. The SMILES string of the molecule is CCC(SCc1nnc(-c2ccccc2)o1)C(=O)O. The third-order valence-corrected chi connectivity index (χ3v) is 3.89. The number of carboxylic acids is 1. The van der Waals surface area contributed by atoms with Crippen LogP contribution in [0, 0.1) is 0 Å². The van der Waals surface area contributed by atoms with Crippen molar-refractivity contribution in [1.29, 1.82) is 0 Å². The van der Waals surface area contributed by atoms with Crippen molar-refractivity contribution in [3.63, 3.8) is 0 Å². The summed E-state index contributed by atoms with van der Waals surface area (Å²) < 4.78 is 5.51. The van der Waals surface area contributed by atoms with Gasteiger partial charge in [-0.15, -0.1) is 22.0 Å². The summed E-state index contributed by atoms with van der Waals surface area (Å²) in [6, 6.07) is 9.47. The second-order valence-corrected chi connectivity index (χ2v) is 5.10. The maximum Gasteiger partial charge on any atom is 0.316 e. The van der Waals surface area contributed by atoms with E-state index in [0.29, 0.717) is 24.0 Å². The van der Waals surface area contributed by atoms with Gasteiger partial charge in [0, 0.05) is 5.56 Å². The highest BCUT2D eigenvalue weighted by molar-refractivity contribution is 7.99. The third-order valence-electron chi connectivity index (χ3n) is 2.54. The van der Waals surface area contributed by atoms with Crippen molar-refractivity contribution >= 4 is 17.7 Å². The Kier molecular flexibility index (Phi) is 4.57. The summed E-state index contributed by atoms with van der Waals surface area (Å²) in [6.07, 6.45) is 0.569. The molecule has 1 unspecified atom stereocenters. The standard InChI is InChI=1S/C13H14N2O3S/c1-2-10(13(16)17)19-8-11-14-15-12(18-11)9-6-4-3-5-7-9/h3-7,10H,2,8H2,1H3,(H,16,17). The maximum atomic E-state index is 10.9. The molecule has 1 heterocycles. The van der Waals surface area contributed by atoms with Crippen LogP contribution in [0.1, 0.15) is 19.2 Å². The predicted molar refractivity (Wildman–Crippen MR) is 72.7 cm³/mol. The van der Waals surface area contributed by atoms with Gasteiger partial charge in [0.1, 0.15) is 5.25 Å². The molecule has 5 nitrogen and oxygen atoms in total. The Hall–Kier alpha value is -1.82. The van der Waals surface area contributed by atoms with Gasteiger partial charge in [0.2, 0.25) is 11.8 Å². The molecule has 2 aromatic rings. The molecule has 0 spiro atoms. The summed E-state index contributed by atoms with van der Waals surface area (Å²) in [5.41, 5.74) is 0.858. The summed E-state index contributed by atoms with van der Waals surface area (Å²) >= 11 is 1.30. The van der Waals surface area contributed by atoms with Crippen LogP contribution in [0.5, 0.6) is 0 Å². The average molecular weight is 278 g/mol. The number of benzene rings is 1. The molecule has 0 fully saturated rings. The lowest BCUT2D eigenvalue weighted by molar-refractivity contribution is -0.136. The molecule has 1 atom stereocenters. The van der Waals surface area contributed by atoms with E-state index in [0.717, 1.165) is 5.56 Å². The smallest absolute Gasteiger partial charge is 0.316 e. The van der Waals surface area contributed by atoms with E-state index >= 15 is 0 Å². The molecule has 0 aliphatic carbocycles. The van der Waals surface area contributed by atoms with E-state index in [2.05, 4.69) is 10.2 Å². The van der Waals surface area contributed by atoms with Gasteiger partial charge in [-0.1, -0.05) is 25.1 Å². The van der Waals surface area contributed by atoms with Crippen molar-refractivity contribution in [3.05, 3.63) is 36.2 Å². The number of aliphatic carboxylic acids is 1. The first kappa shape index (κ1) is 13.6. The normalized spacial score (nSPS) is 12.3. The zero-order chi connectivity index (χ0) is 13.7. The van der Waals surface area contributed by atoms with E-state index in [4.69, 9.17) is 9.52 Å². The third kappa shape index (κ3) is 3.57. The van der Waals surface area contributed by atoms with Crippen LogP contribution in [0.3, 0.4) is 0 Å². The lowest BCUT2D eigenvalue weighted by Crippen LogP contribution is -2.15. The number of hydrogen-bond acceptors (Lipinski definition) is 5. The minimum Gasteiger partial charge on any atom is -0.480 e. The first-order valence-electron chi connectivity index (χ1n) is 5.93.